The third kappa shape index (κ3) is 5.18. The van der Waals surface area contributed by atoms with Gasteiger partial charge in [0.1, 0.15) is 11.9 Å². The summed E-state index contributed by atoms with van der Waals surface area (Å²) in [5, 5.41) is 3.44. The molecule has 0 radical (unpaired) electrons. The molecule has 0 aliphatic rings. The van der Waals surface area contributed by atoms with Crippen LogP contribution in [0, 0.1) is 0 Å². The number of aromatic nitrogens is 4. The first-order chi connectivity index (χ1) is 15.0. The van der Waals surface area contributed by atoms with E-state index in [4.69, 9.17) is 16.3 Å². The van der Waals surface area contributed by atoms with Gasteiger partial charge in [-0.05, 0) is 44.5 Å². The second-order valence-electron chi connectivity index (χ2n) is 6.76. The molecule has 10 heteroatoms. The molecule has 1 aromatic carbocycles. The standard InChI is InChI=1S/C21H24ClN5O4/c1-3-26-19-16(12-24-18(25-19)14-6-8-15(22)9-7-14)20(29)27(21(26)30)13-17(28)23-10-5-11-31-4-2/h6-9,12H,3-5,10-11,13H2,1-2H3,(H,23,28). The molecule has 164 valence electrons. The number of benzene rings is 1. The van der Waals surface area contributed by atoms with Crippen LogP contribution in [0.15, 0.2) is 40.1 Å². The molecule has 3 rings (SSSR count). The van der Waals surface area contributed by atoms with Crippen molar-refractivity contribution in [3.05, 3.63) is 56.3 Å². The van der Waals surface area contributed by atoms with Crippen molar-refractivity contribution in [2.45, 2.75) is 33.4 Å². The molecular weight excluding hydrogens is 422 g/mol. The summed E-state index contributed by atoms with van der Waals surface area (Å²) >= 11 is 5.93. The van der Waals surface area contributed by atoms with Gasteiger partial charge in [0.05, 0.1) is 0 Å². The summed E-state index contributed by atoms with van der Waals surface area (Å²) in [6.07, 6.45) is 2.03. The first-order valence-electron chi connectivity index (χ1n) is 10.1. The van der Waals surface area contributed by atoms with Crippen LogP contribution in [0.3, 0.4) is 0 Å². The Morgan fingerprint density at radius 1 is 1.16 bits per heavy atom. The van der Waals surface area contributed by atoms with Crippen molar-refractivity contribution >= 4 is 28.5 Å². The Labute approximate surface area is 183 Å². The maximum Gasteiger partial charge on any atom is 0.333 e. The number of amides is 1. The van der Waals surface area contributed by atoms with E-state index in [1.165, 1.54) is 10.8 Å². The van der Waals surface area contributed by atoms with Crippen molar-refractivity contribution in [2.75, 3.05) is 19.8 Å². The summed E-state index contributed by atoms with van der Waals surface area (Å²) in [5.74, 6) is -0.0497. The van der Waals surface area contributed by atoms with Crippen LogP contribution < -0.4 is 16.6 Å². The summed E-state index contributed by atoms with van der Waals surface area (Å²) in [5.41, 5.74) is -0.259. The number of fused-ring (bicyclic) bond motifs is 1. The van der Waals surface area contributed by atoms with E-state index in [9.17, 15) is 14.4 Å². The Kier molecular flexibility index (Phi) is 7.54. The van der Waals surface area contributed by atoms with E-state index < -0.39 is 17.2 Å². The predicted octanol–water partition coefficient (Wildman–Crippen LogP) is 1.84. The number of nitrogens with one attached hydrogen (secondary N) is 1. The first kappa shape index (κ1) is 22.6. The van der Waals surface area contributed by atoms with Gasteiger partial charge in [0, 0.05) is 43.1 Å². The van der Waals surface area contributed by atoms with Gasteiger partial charge in [0.25, 0.3) is 5.56 Å². The number of aryl methyl sites for hydroxylation is 1. The highest BCUT2D eigenvalue weighted by atomic mass is 35.5. The van der Waals surface area contributed by atoms with E-state index in [1.807, 2.05) is 6.92 Å². The highest BCUT2D eigenvalue weighted by molar-refractivity contribution is 6.30. The average Bonchev–Trinajstić information content (AvgIpc) is 2.77. The maximum absolute atomic E-state index is 12.9. The van der Waals surface area contributed by atoms with Gasteiger partial charge in [0.2, 0.25) is 5.91 Å². The molecular formula is C21H24ClN5O4. The lowest BCUT2D eigenvalue weighted by Gasteiger charge is -2.13. The molecule has 0 bridgehead atoms. The van der Waals surface area contributed by atoms with Crippen LogP contribution in [0.2, 0.25) is 5.02 Å². The molecule has 0 aliphatic heterocycles. The van der Waals surface area contributed by atoms with Crippen LogP contribution in [0.25, 0.3) is 22.4 Å². The predicted molar refractivity (Wildman–Crippen MR) is 118 cm³/mol. The summed E-state index contributed by atoms with van der Waals surface area (Å²) < 4.78 is 7.49. The van der Waals surface area contributed by atoms with Crippen molar-refractivity contribution in [3.63, 3.8) is 0 Å². The molecule has 0 spiro atoms. The molecule has 0 saturated carbocycles. The lowest BCUT2D eigenvalue weighted by Crippen LogP contribution is -2.44. The Hall–Kier alpha value is -3.04. The minimum Gasteiger partial charge on any atom is -0.382 e. The first-order valence-corrected chi connectivity index (χ1v) is 10.4. The zero-order valence-electron chi connectivity index (χ0n) is 17.4. The largest absolute Gasteiger partial charge is 0.382 e. The monoisotopic (exact) mass is 445 g/mol. The lowest BCUT2D eigenvalue weighted by atomic mass is 10.2. The summed E-state index contributed by atoms with van der Waals surface area (Å²) in [4.78, 5) is 46.8. The van der Waals surface area contributed by atoms with Gasteiger partial charge in [-0.3, -0.25) is 18.7 Å². The highest BCUT2D eigenvalue weighted by Crippen LogP contribution is 2.19. The maximum atomic E-state index is 12.9. The molecule has 2 aromatic heterocycles. The zero-order valence-corrected chi connectivity index (χ0v) is 18.2. The fourth-order valence-electron chi connectivity index (χ4n) is 3.11. The number of hydrogen-bond donors (Lipinski definition) is 1. The van der Waals surface area contributed by atoms with Crippen LogP contribution in [-0.2, 0) is 22.6 Å². The second-order valence-corrected chi connectivity index (χ2v) is 7.19. The van der Waals surface area contributed by atoms with Gasteiger partial charge in [-0.25, -0.2) is 14.8 Å². The van der Waals surface area contributed by atoms with Crippen LogP contribution in [-0.4, -0.2) is 44.8 Å². The quantitative estimate of drug-likeness (QED) is 0.503. The number of carbonyl (C=O) groups excluding carboxylic acids is 1. The van der Waals surface area contributed by atoms with Gasteiger partial charge in [-0.15, -0.1) is 0 Å². The van der Waals surface area contributed by atoms with E-state index in [1.54, 1.807) is 31.2 Å². The third-order valence-electron chi connectivity index (χ3n) is 4.67. The fourth-order valence-corrected chi connectivity index (χ4v) is 3.23. The smallest absolute Gasteiger partial charge is 0.333 e. The highest BCUT2D eigenvalue weighted by Gasteiger charge is 2.17. The third-order valence-corrected chi connectivity index (χ3v) is 4.93. The number of nitrogens with zero attached hydrogens (tertiary/aromatic N) is 4. The molecule has 1 N–H and O–H groups in total. The number of halogens is 1. The van der Waals surface area contributed by atoms with Gasteiger partial charge in [-0.2, -0.15) is 0 Å². The second kappa shape index (κ2) is 10.3. The van der Waals surface area contributed by atoms with E-state index in [-0.39, 0.29) is 24.1 Å². The van der Waals surface area contributed by atoms with E-state index in [0.717, 1.165) is 4.57 Å². The van der Waals surface area contributed by atoms with Gasteiger partial charge >= 0.3 is 5.69 Å². The summed E-state index contributed by atoms with van der Waals surface area (Å²) in [7, 11) is 0. The van der Waals surface area contributed by atoms with Crippen LogP contribution in [0.1, 0.15) is 20.3 Å². The number of carbonyl (C=O) groups is 1. The number of hydrogen-bond acceptors (Lipinski definition) is 6. The van der Waals surface area contributed by atoms with Crippen molar-refractivity contribution < 1.29 is 9.53 Å². The Bertz CT molecular complexity index is 1190. The zero-order chi connectivity index (χ0) is 22.4. The SMILES string of the molecule is CCOCCCNC(=O)Cn1c(=O)c2cnc(-c3ccc(Cl)cc3)nc2n(CC)c1=O. The molecule has 2 heterocycles. The van der Waals surface area contributed by atoms with E-state index in [2.05, 4.69) is 15.3 Å². The van der Waals surface area contributed by atoms with Crippen LogP contribution in [0.5, 0.6) is 0 Å². The van der Waals surface area contributed by atoms with Gasteiger partial charge in [-0.1, -0.05) is 11.6 Å². The Morgan fingerprint density at radius 3 is 2.58 bits per heavy atom. The average molecular weight is 446 g/mol. The summed E-state index contributed by atoms with van der Waals surface area (Å²) in [6.45, 7) is 5.11. The molecule has 0 atom stereocenters. The molecule has 0 unspecified atom stereocenters. The minimum atomic E-state index is -0.600. The van der Waals surface area contributed by atoms with Crippen LogP contribution >= 0.6 is 11.6 Å². The van der Waals surface area contributed by atoms with E-state index >= 15 is 0 Å². The number of rotatable bonds is 9. The van der Waals surface area contributed by atoms with Crippen molar-refractivity contribution in [1.29, 1.82) is 0 Å². The minimum absolute atomic E-state index is 0.170. The molecule has 0 saturated heterocycles. The fraction of sp³-hybridized carbons (Fsp3) is 0.381. The van der Waals surface area contributed by atoms with E-state index in [0.29, 0.717) is 42.6 Å². The van der Waals surface area contributed by atoms with Crippen molar-refractivity contribution in [3.8, 4) is 11.4 Å². The van der Waals surface area contributed by atoms with Gasteiger partial charge in [0.15, 0.2) is 11.5 Å². The molecule has 9 nitrogen and oxygen atoms in total. The Balaban J connectivity index is 1.93. The summed E-state index contributed by atoms with van der Waals surface area (Å²) in [6, 6.07) is 6.94. The molecule has 3 aromatic rings. The number of ether oxygens (including phenoxy) is 1. The van der Waals surface area contributed by atoms with Crippen molar-refractivity contribution in [2.24, 2.45) is 0 Å². The van der Waals surface area contributed by atoms with Crippen molar-refractivity contribution in [1.82, 2.24) is 24.4 Å². The molecule has 0 fully saturated rings. The van der Waals surface area contributed by atoms with Gasteiger partial charge < -0.3 is 10.1 Å². The van der Waals surface area contributed by atoms with Crippen LogP contribution in [0.4, 0.5) is 0 Å². The lowest BCUT2D eigenvalue weighted by molar-refractivity contribution is -0.121. The Morgan fingerprint density at radius 2 is 1.90 bits per heavy atom. The molecule has 31 heavy (non-hydrogen) atoms. The molecule has 0 aliphatic carbocycles. The topological polar surface area (TPSA) is 108 Å². The normalized spacial score (nSPS) is 11.1. The molecule has 1 amide bonds.